The minimum atomic E-state index is -3.31. The molecular formula is C32H30Cl2N2O3S. The molecule has 1 aromatic heterocycles. The Hall–Kier alpha value is -3.06. The van der Waals surface area contributed by atoms with Crippen LogP contribution >= 0.6 is 23.2 Å². The van der Waals surface area contributed by atoms with Gasteiger partial charge in [0.25, 0.3) is 0 Å². The number of hydrogen-bond acceptors (Lipinski definition) is 5. The number of aryl methyl sites for hydroxylation is 1. The van der Waals surface area contributed by atoms with E-state index in [9.17, 15) is 8.42 Å². The van der Waals surface area contributed by atoms with E-state index in [4.69, 9.17) is 27.9 Å². The molecule has 0 bridgehead atoms. The molecule has 1 saturated heterocycles. The molecule has 0 aliphatic carbocycles. The summed E-state index contributed by atoms with van der Waals surface area (Å²) in [7, 11) is -3.31. The molecule has 0 atom stereocenters. The summed E-state index contributed by atoms with van der Waals surface area (Å²) in [5, 5.41) is 1.37. The van der Waals surface area contributed by atoms with Crippen molar-refractivity contribution in [3.63, 3.8) is 0 Å². The van der Waals surface area contributed by atoms with Gasteiger partial charge in [0, 0.05) is 32.1 Å². The van der Waals surface area contributed by atoms with Gasteiger partial charge in [0.05, 0.1) is 32.9 Å². The van der Waals surface area contributed by atoms with Gasteiger partial charge in [-0.15, -0.1) is 0 Å². The van der Waals surface area contributed by atoms with Crippen molar-refractivity contribution in [2.75, 3.05) is 18.0 Å². The van der Waals surface area contributed by atoms with Crippen LogP contribution in [0.4, 0.5) is 5.69 Å². The number of ether oxygens (including phenoxy) is 1. The molecule has 3 heterocycles. The Labute approximate surface area is 245 Å². The molecule has 3 aromatic carbocycles. The number of pyridine rings is 1. The molecule has 8 heteroatoms. The van der Waals surface area contributed by atoms with Crippen LogP contribution in [-0.2, 0) is 27.8 Å². The van der Waals surface area contributed by atoms with Crippen molar-refractivity contribution >= 4 is 38.7 Å². The van der Waals surface area contributed by atoms with E-state index in [1.54, 1.807) is 24.4 Å². The van der Waals surface area contributed by atoms with E-state index in [1.165, 1.54) is 5.56 Å². The van der Waals surface area contributed by atoms with Gasteiger partial charge in [-0.05, 0) is 71.5 Å². The molecule has 0 amide bonds. The maximum atomic E-state index is 12.7. The fourth-order valence-electron chi connectivity index (χ4n) is 5.79. The number of aromatic nitrogens is 1. The zero-order valence-electron chi connectivity index (χ0n) is 22.0. The first-order valence-corrected chi connectivity index (χ1v) is 16.1. The second kappa shape index (κ2) is 11.1. The fourth-order valence-corrected chi connectivity index (χ4v) is 7.85. The van der Waals surface area contributed by atoms with E-state index in [-0.39, 0.29) is 17.1 Å². The maximum Gasteiger partial charge on any atom is 0.160 e. The van der Waals surface area contributed by atoms with Crippen LogP contribution in [0.15, 0.2) is 85.1 Å². The smallest absolute Gasteiger partial charge is 0.160 e. The summed E-state index contributed by atoms with van der Waals surface area (Å²) in [4.78, 5) is 6.41. The summed E-state index contributed by atoms with van der Waals surface area (Å²) in [6.45, 7) is 1.70. The van der Waals surface area contributed by atoms with Crippen LogP contribution in [0.2, 0.25) is 10.0 Å². The van der Waals surface area contributed by atoms with E-state index in [2.05, 4.69) is 28.1 Å². The third-order valence-electron chi connectivity index (χ3n) is 7.93. The molecule has 2 aliphatic rings. The summed E-state index contributed by atoms with van der Waals surface area (Å²) in [5.41, 5.74) is 5.45. The predicted octanol–water partition coefficient (Wildman–Crippen LogP) is 7.53. The minimum absolute atomic E-state index is 0.00985. The summed E-state index contributed by atoms with van der Waals surface area (Å²) in [6.07, 6.45) is 5.38. The van der Waals surface area contributed by atoms with Gasteiger partial charge in [0.2, 0.25) is 0 Å². The summed E-state index contributed by atoms with van der Waals surface area (Å²) < 4.78 is 32.0. The lowest BCUT2D eigenvalue weighted by molar-refractivity contribution is 0.0226. The van der Waals surface area contributed by atoms with Crippen LogP contribution in [0.3, 0.4) is 0 Å². The van der Waals surface area contributed by atoms with Gasteiger partial charge in [0.1, 0.15) is 11.4 Å². The lowest BCUT2D eigenvalue weighted by atomic mass is 9.82. The zero-order valence-corrected chi connectivity index (χ0v) is 24.4. The second-order valence-corrected chi connectivity index (χ2v) is 13.6. The molecule has 0 radical (unpaired) electrons. The Bertz CT molecular complexity index is 1600. The van der Waals surface area contributed by atoms with E-state index < -0.39 is 9.84 Å². The van der Waals surface area contributed by atoms with Crippen molar-refractivity contribution < 1.29 is 13.2 Å². The van der Waals surface area contributed by atoms with Gasteiger partial charge in [-0.3, -0.25) is 4.98 Å². The van der Waals surface area contributed by atoms with Crippen molar-refractivity contribution in [1.29, 1.82) is 0 Å². The lowest BCUT2D eigenvalue weighted by Crippen LogP contribution is -2.50. The highest BCUT2D eigenvalue weighted by Gasteiger charge is 2.40. The van der Waals surface area contributed by atoms with Crippen LogP contribution in [-0.4, -0.2) is 32.1 Å². The van der Waals surface area contributed by atoms with Gasteiger partial charge in [-0.1, -0.05) is 65.7 Å². The number of nitrogens with zero attached hydrogens (tertiary/aromatic N) is 2. The minimum Gasteiger partial charge on any atom is -0.487 e. The van der Waals surface area contributed by atoms with Crippen molar-refractivity contribution in [1.82, 2.24) is 4.98 Å². The number of halogens is 2. The molecule has 4 aromatic rings. The number of anilines is 1. The van der Waals surface area contributed by atoms with Gasteiger partial charge < -0.3 is 9.64 Å². The van der Waals surface area contributed by atoms with Crippen LogP contribution in [0.1, 0.15) is 36.1 Å². The van der Waals surface area contributed by atoms with Crippen molar-refractivity contribution in [3.05, 3.63) is 112 Å². The quantitative estimate of drug-likeness (QED) is 0.231. The Balaban J connectivity index is 1.11. The second-order valence-electron chi connectivity index (χ2n) is 10.7. The van der Waals surface area contributed by atoms with Crippen molar-refractivity contribution in [2.45, 2.75) is 42.8 Å². The third-order valence-corrected chi connectivity index (χ3v) is 10.1. The molecule has 1 fully saturated rings. The molecule has 2 aliphatic heterocycles. The maximum absolute atomic E-state index is 12.7. The van der Waals surface area contributed by atoms with Gasteiger partial charge in [-0.2, -0.15) is 0 Å². The number of fused-ring (bicyclic) bond motifs is 1. The third kappa shape index (κ3) is 5.85. The molecule has 206 valence electrons. The Morgan fingerprint density at radius 2 is 1.55 bits per heavy atom. The van der Waals surface area contributed by atoms with E-state index in [0.717, 1.165) is 66.9 Å². The Morgan fingerprint density at radius 3 is 2.25 bits per heavy atom. The van der Waals surface area contributed by atoms with Crippen LogP contribution in [0.25, 0.3) is 11.1 Å². The van der Waals surface area contributed by atoms with Gasteiger partial charge in [-0.25, -0.2) is 8.42 Å². The number of para-hydroxylation sites is 1. The highest BCUT2D eigenvalue weighted by molar-refractivity contribution is 7.89. The number of sulfone groups is 1. The predicted molar refractivity (Wildman–Crippen MR) is 162 cm³/mol. The normalized spacial score (nSPS) is 16.4. The van der Waals surface area contributed by atoms with Crippen LogP contribution in [0, 0.1) is 0 Å². The van der Waals surface area contributed by atoms with E-state index in [0.29, 0.717) is 15.7 Å². The number of rotatable bonds is 6. The molecule has 0 unspecified atom stereocenters. The topological polar surface area (TPSA) is 59.5 Å². The average molecular weight is 594 g/mol. The van der Waals surface area contributed by atoms with E-state index in [1.807, 2.05) is 42.5 Å². The van der Waals surface area contributed by atoms with Crippen LogP contribution in [0.5, 0.6) is 5.75 Å². The molecular weight excluding hydrogens is 563 g/mol. The summed E-state index contributed by atoms with van der Waals surface area (Å²) >= 11 is 12.9. The molecule has 6 rings (SSSR count). The zero-order chi connectivity index (χ0) is 27.7. The first kappa shape index (κ1) is 27.1. The van der Waals surface area contributed by atoms with Crippen LogP contribution < -0.4 is 9.64 Å². The van der Waals surface area contributed by atoms with Crippen molar-refractivity contribution in [3.8, 4) is 16.9 Å². The highest BCUT2D eigenvalue weighted by atomic mass is 35.5. The van der Waals surface area contributed by atoms with Gasteiger partial charge >= 0.3 is 0 Å². The SMILES string of the molecule is O=S(=O)(Cc1ccc(-c2ccc3c(c2)CCC2(CCN(c4c(Cl)cccc4Cl)CC2)O3)cc1)Cc1ccccn1. The Kier molecular flexibility index (Phi) is 7.51. The standard InChI is InChI=1S/C32H30Cl2N2O3S/c33-28-5-3-6-29(34)31(28)36-18-15-32(16-19-36)14-13-26-20-25(11-12-30(26)39-32)24-9-7-23(8-10-24)21-40(37,38)22-27-4-1-2-17-35-27/h1-12,17,20H,13-16,18-19,21-22H2. The number of benzene rings is 3. The highest BCUT2D eigenvalue weighted by Crippen LogP contribution is 2.43. The lowest BCUT2D eigenvalue weighted by Gasteiger charge is -2.45. The monoisotopic (exact) mass is 592 g/mol. The molecule has 0 N–H and O–H groups in total. The number of piperidine rings is 1. The largest absolute Gasteiger partial charge is 0.487 e. The first-order chi connectivity index (χ1) is 19.3. The molecule has 40 heavy (non-hydrogen) atoms. The van der Waals surface area contributed by atoms with Crippen molar-refractivity contribution in [2.24, 2.45) is 0 Å². The average Bonchev–Trinajstić information content (AvgIpc) is 2.94. The Morgan fingerprint density at radius 1 is 0.825 bits per heavy atom. The first-order valence-electron chi connectivity index (χ1n) is 13.5. The summed E-state index contributed by atoms with van der Waals surface area (Å²) in [6, 6.07) is 25.1. The van der Waals surface area contributed by atoms with Gasteiger partial charge in [0.15, 0.2) is 9.84 Å². The summed E-state index contributed by atoms with van der Waals surface area (Å²) in [5.74, 6) is 0.883. The molecule has 5 nitrogen and oxygen atoms in total. The van der Waals surface area contributed by atoms with E-state index >= 15 is 0 Å². The fraction of sp³-hybridized carbons (Fsp3) is 0.281. The molecule has 1 spiro atoms. The molecule has 0 saturated carbocycles. The number of hydrogen-bond donors (Lipinski definition) is 0.